The van der Waals surface area contributed by atoms with E-state index in [1.165, 1.54) is 24.3 Å². The average Bonchev–Trinajstić information content (AvgIpc) is 2.98. The van der Waals surface area contributed by atoms with Crippen LogP contribution >= 0.6 is 0 Å². The second-order valence-corrected chi connectivity index (χ2v) is 7.08. The zero-order valence-corrected chi connectivity index (χ0v) is 17.1. The smallest absolute Gasteiger partial charge is 0.387 e. The Hall–Kier alpha value is -3.29. The topological polar surface area (TPSA) is 66.0 Å². The molecule has 0 atom stereocenters. The monoisotopic (exact) mass is 431 g/mol. The summed E-state index contributed by atoms with van der Waals surface area (Å²) < 4.78 is 46.6. The largest absolute Gasteiger partial charge is 0.490 e. The molecule has 0 fully saturated rings. The lowest BCUT2D eigenvalue weighted by Crippen LogP contribution is -2.23. The van der Waals surface area contributed by atoms with Gasteiger partial charge in [-0.05, 0) is 49.2 Å². The number of alkyl halides is 2. The summed E-state index contributed by atoms with van der Waals surface area (Å²) in [5, 5.41) is 3.26. The minimum Gasteiger partial charge on any atom is -0.490 e. The third-order valence-corrected chi connectivity index (χ3v) is 4.99. The van der Waals surface area contributed by atoms with Crippen molar-refractivity contribution in [1.29, 1.82) is 0 Å². The van der Waals surface area contributed by atoms with Crippen LogP contribution in [0.1, 0.15) is 34.8 Å². The Bertz CT molecular complexity index is 1010. The molecule has 8 heteroatoms. The van der Waals surface area contributed by atoms with E-state index in [-0.39, 0.29) is 23.9 Å². The molecule has 0 radical (unpaired) electrons. The molecule has 0 aliphatic carbocycles. The molecule has 4 rings (SSSR count). The summed E-state index contributed by atoms with van der Waals surface area (Å²) in [7, 11) is 0. The van der Waals surface area contributed by atoms with Gasteiger partial charge < -0.3 is 24.3 Å². The number of allylic oxidation sites excluding steroid dienone is 1. The van der Waals surface area contributed by atoms with Gasteiger partial charge in [-0.1, -0.05) is 0 Å². The summed E-state index contributed by atoms with van der Waals surface area (Å²) in [6.45, 7) is 0.855. The molecule has 2 heterocycles. The van der Waals surface area contributed by atoms with Crippen molar-refractivity contribution in [3.63, 3.8) is 0 Å². The number of ether oxygens (including phenoxy) is 4. The van der Waals surface area contributed by atoms with Gasteiger partial charge in [0.25, 0.3) is 0 Å². The highest BCUT2D eigenvalue weighted by atomic mass is 19.3. The van der Waals surface area contributed by atoms with Crippen molar-refractivity contribution in [3.05, 3.63) is 53.1 Å². The molecule has 2 aromatic rings. The van der Waals surface area contributed by atoms with Gasteiger partial charge in [0.1, 0.15) is 0 Å². The van der Waals surface area contributed by atoms with Crippen molar-refractivity contribution < 1.29 is 32.5 Å². The minimum atomic E-state index is -2.98. The van der Waals surface area contributed by atoms with Gasteiger partial charge in [0.15, 0.2) is 28.8 Å². The van der Waals surface area contributed by atoms with Crippen molar-refractivity contribution in [2.24, 2.45) is 0 Å². The van der Waals surface area contributed by atoms with E-state index in [4.69, 9.17) is 14.2 Å². The Morgan fingerprint density at radius 1 is 1.16 bits per heavy atom. The number of halogens is 2. The lowest BCUT2D eigenvalue weighted by Gasteiger charge is -2.23. The number of nitrogens with one attached hydrogen (secondary N) is 1. The lowest BCUT2D eigenvalue weighted by atomic mass is 9.95. The first-order chi connectivity index (χ1) is 15.0. The first kappa shape index (κ1) is 21.0. The molecule has 0 aromatic heterocycles. The van der Waals surface area contributed by atoms with Crippen molar-refractivity contribution in [2.75, 3.05) is 26.4 Å². The van der Waals surface area contributed by atoms with Gasteiger partial charge in [-0.2, -0.15) is 8.78 Å². The highest BCUT2D eigenvalue weighted by Crippen LogP contribution is 2.37. The fraction of sp³-hybridized carbons (Fsp3) is 0.348. The van der Waals surface area contributed by atoms with Crippen molar-refractivity contribution in [1.82, 2.24) is 5.32 Å². The summed E-state index contributed by atoms with van der Waals surface area (Å²) in [6.07, 6.45) is 3.11. The van der Waals surface area contributed by atoms with Crippen LogP contribution < -0.4 is 24.3 Å². The normalized spacial score (nSPS) is 16.3. The van der Waals surface area contributed by atoms with Crippen LogP contribution in [0, 0.1) is 0 Å². The first-order valence-electron chi connectivity index (χ1n) is 10.2. The van der Waals surface area contributed by atoms with Crippen LogP contribution in [-0.2, 0) is 6.42 Å². The van der Waals surface area contributed by atoms with E-state index >= 15 is 0 Å². The highest BCUT2D eigenvalue weighted by Gasteiger charge is 2.21. The van der Waals surface area contributed by atoms with Gasteiger partial charge in [0.2, 0.25) is 0 Å². The molecule has 2 aliphatic rings. The Kier molecular flexibility index (Phi) is 6.25. The average molecular weight is 431 g/mol. The maximum Gasteiger partial charge on any atom is 0.387 e. The molecule has 0 unspecified atom stereocenters. The molecular formula is C23H23F2NO5. The molecule has 0 saturated heterocycles. The van der Waals surface area contributed by atoms with E-state index in [0.717, 1.165) is 29.7 Å². The lowest BCUT2D eigenvalue weighted by molar-refractivity contribution is -0.0514. The Morgan fingerprint density at radius 2 is 1.94 bits per heavy atom. The third-order valence-electron chi connectivity index (χ3n) is 4.99. The molecule has 164 valence electrons. The van der Waals surface area contributed by atoms with Gasteiger partial charge in [0.05, 0.1) is 19.8 Å². The molecule has 0 spiro atoms. The Labute approximate surface area is 178 Å². The number of hydrogen-bond donors (Lipinski definition) is 1. The van der Waals surface area contributed by atoms with Crippen LogP contribution in [0.4, 0.5) is 8.78 Å². The zero-order valence-electron chi connectivity index (χ0n) is 17.1. The van der Waals surface area contributed by atoms with Gasteiger partial charge in [0, 0.05) is 35.9 Å². The SMILES string of the molecule is CCOc1cc(C(=O)C=C2NCCc3cc4c(cc32)OCCCO4)ccc1OC(F)F. The maximum absolute atomic E-state index is 12.9. The summed E-state index contributed by atoms with van der Waals surface area (Å²) in [5.41, 5.74) is 2.93. The first-order valence-corrected chi connectivity index (χ1v) is 10.2. The summed E-state index contributed by atoms with van der Waals surface area (Å²) in [6, 6.07) is 8.04. The molecule has 2 aliphatic heterocycles. The molecule has 31 heavy (non-hydrogen) atoms. The number of benzene rings is 2. The Morgan fingerprint density at radius 3 is 2.68 bits per heavy atom. The number of carbonyl (C=O) groups is 1. The quantitative estimate of drug-likeness (QED) is 0.546. The number of fused-ring (bicyclic) bond motifs is 2. The van der Waals surface area contributed by atoms with Crippen LogP contribution in [0.2, 0.25) is 0 Å². The van der Waals surface area contributed by atoms with E-state index in [1.807, 2.05) is 12.1 Å². The van der Waals surface area contributed by atoms with Gasteiger partial charge in [-0.25, -0.2) is 0 Å². The minimum absolute atomic E-state index is 0.0971. The van der Waals surface area contributed by atoms with E-state index in [9.17, 15) is 13.6 Å². The number of ketones is 1. The molecule has 2 aromatic carbocycles. The van der Waals surface area contributed by atoms with Gasteiger partial charge in [-0.15, -0.1) is 0 Å². The zero-order chi connectivity index (χ0) is 21.8. The molecule has 1 N–H and O–H groups in total. The predicted octanol–water partition coefficient (Wildman–Crippen LogP) is 4.22. The van der Waals surface area contributed by atoms with Crippen molar-refractivity contribution >= 4 is 11.5 Å². The summed E-state index contributed by atoms with van der Waals surface area (Å²) in [5.74, 6) is 1.08. The number of carbonyl (C=O) groups excluding carboxylic acids is 1. The van der Waals surface area contributed by atoms with Crippen LogP contribution in [-0.4, -0.2) is 38.8 Å². The molecular weight excluding hydrogens is 408 g/mol. The fourth-order valence-electron chi connectivity index (χ4n) is 3.60. The number of hydrogen-bond acceptors (Lipinski definition) is 6. The second kappa shape index (κ2) is 9.24. The van der Waals surface area contributed by atoms with Gasteiger partial charge in [-0.3, -0.25) is 4.79 Å². The van der Waals surface area contributed by atoms with E-state index < -0.39 is 6.61 Å². The summed E-state index contributed by atoms with van der Waals surface area (Å²) in [4.78, 5) is 12.9. The standard InChI is InChI=1S/C23H23F2NO5/c1-2-28-20-11-15(4-5-19(20)31-23(24)25)18(27)13-17-16-12-22-21(29-8-3-9-30-22)10-14(16)6-7-26-17/h4-5,10-13,23,26H,2-3,6-9H2,1H3. The third kappa shape index (κ3) is 4.73. The highest BCUT2D eigenvalue weighted by molar-refractivity contribution is 6.09. The molecule has 0 bridgehead atoms. The maximum atomic E-state index is 12.9. The molecule has 0 amide bonds. The van der Waals surface area contributed by atoms with Crippen LogP contribution in [0.3, 0.4) is 0 Å². The van der Waals surface area contributed by atoms with E-state index in [0.29, 0.717) is 36.8 Å². The number of rotatable bonds is 6. The van der Waals surface area contributed by atoms with Crippen LogP contribution in [0.5, 0.6) is 23.0 Å². The Balaban J connectivity index is 1.64. The fourth-order valence-corrected chi connectivity index (χ4v) is 3.60. The van der Waals surface area contributed by atoms with Crippen molar-refractivity contribution in [3.8, 4) is 23.0 Å². The summed E-state index contributed by atoms with van der Waals surface area (Å²) >= 11 is 0. The van der Waals surface area contributed by atoms with Crippen LogP contribution in [0.25, 0.3) is 5.70 Å². The molecule has 0 saturated carbocycles. The predicted molar refractivity (Wildman–Crippen MR) is 110 cm³/mol. The van der Waals surface area contributed by atoms with Crippen LogP contribution in [0.15, 0.2) is 36.4 Å². The van der Waals surface area contributed by atoms with Crippen molar-refractivity contribution in [2.45, 2.75) is 26.4 Å². The van der Waals surface area contributed by atoms with Gasteiger partial charge >= 0.3 is 6.61 Å². The van der Waals surface area contributed by atoms with E-state index in [2.05, 4.69) is 10.1 Å². The molecule has 6 nitrogen and oxygen atoms in total. The second-order valence-electron chi connectivity index (χ2n) is 7.08. The van der Waals surface area contributed by atoms with E-state index in [1.54, 1.807) is 6.92 Å².